The summed E-state index contributed by atoms with van der Waals surface area (Å²) in [6, 6.07) is 4.70. The second-order valence-corrected chi connectivity index (χ2v) is 5.03. The lowest BCUT2D eigenvalue weighted by Crippen LogP contribution is -2.46. The number of ketones is 2. The summed E-state index contributed by atoms with van der Waals surface area (Å²) in [5.41, 5.74) is 6.46. The number of nitrogen functional groups attached to an aromatic ring is 1. The molecule has 0 radical (unpaired) electrons. The summed E-state index contributed by atoms with van der Waals surface area (Å²) in [6.07, 6.45) is 0.347. The van der Waals surface area contributed by atoms with Crippen molar-refractivity contribution in [3.05, 3.63) is 29.3 Å². The molecule has 1 heterocycles. The third-order valence-corrected chi connectivity index (χ3v) is 3.86. The molecule has 6 heteroatoms. The number of amides is 2. The maximum absolute atomic E-state index is 12.4. The van der Waals surface area contributed by atoms with Gasteiger partial charge in [-0.2, -0.15) is 0 Å². The Labute approximate surface area is 114 Å². The van der Waals surface area contributed by atoms with Crippen molar-refractivity contribution in [2.45, 2.75) is 12.8 Å². The number of carbonyl (C=O) groups excluding carboxylic acids is 4. The van der Waals surface area contributed by atoms with E-state index in [0.29, 0.717) is 0 Å². The van der Waals surface area contributed by atoms with Crippen molar-refractivity contribution in [2.75, 3.05) is 5.73 Å². The van der Waals surface area contributed by atoms with Gasteiger partial charge in [0, 0.05) is 17.7 Å². The molecule has 20 heavy (non-hydrogen) atoms. The molecule has 1 aromatic rings. The summed E-state index contributed by atoms with van der Waals surface area (Å²) in [5.74, 6) is -3.58. The monoisotopic (exact) mass is 272 g/mol. The average molecular weight is 272 g/mol. The highest BCUT2D eigenvalue weighted by atomic mass is 16.2. The molecule has 2 amide bonds. The van der Waals surface area contributed by atoms with Crippen LogP contribution in [0.5, 0.6) is 0 Å². The van der Waals surface area contributed by atoms with Crippen molar-refractivity contribution in [3.8, 4) is 0 Å². The fourth-order valence-electron chi connectivity index (χ4n) is 2.89. The molecule has 1 aliphatic heterocycles. The first kappa shape index (κ1) is 12.5. The number of hydrogen-bond acceptors (Lipinski definition) is 5. The van der Waals surface area contributed by atoms with E-state index in [1.54, 1.807) is 12.1 Å². The number of carbonyl (C=O) groups is 4. The minimum absolute atomic E-state index is 0.138. The van der Waals surface area contributed by atoms with E-state index < -0.39 is 23.5 Å². The second-order valence-electron chi connectivity index (χ2n) is 5.03. The van der Waals surface area contributed by atoms with E-state index in [1.165, 1.54) is 6.07 Å². The first-order chi connectivity index (χ1) is 9.50. The molecule has 2 aliphatic rings. The van der Waals surface area contributed by atoms with Gasteiger partial charge in [0.2, 0.25) is 11.8 Å². The van der Waals surface area contributed by atoms with E-state index in [1.807, 2.05) is 0 Å². The number of benzene rings is 1. The van der Waals surface area contributed by atoms with Crippen molar-refractivity contribution >= 4 is 29.1 Å². The van der Waals surface area contributed by atoms with Gasteiger partial charge in [0.25, 0.3) is 0 Å². The van der Waals surface area contributed by atoms with Crippen LogP contribution in [0.15, 0.2) is 18.2 Å². The Morgan fingerprint density at radius 2 is 1.85 bits per heavy atom. The molecule has 1 aliphatic carbocycles. The fraction of sp³-hybridized carbons (Fsp3) is 0.286. The standard InChI is InChI=1S/C14H12N2O4/c15-8-3-1-2-6-10(8)13(19)11(12(6)18)7-4-5-9(17)16-14(7)20/h1-3,7,11H,4-5,15H2,(H,16,17,20). The van der Waals surface area contributed by atoms with Crippen LogP contribution in [0.25, 0.3) is 0 Å². The number of fused-ring (bicyclic) bond motifs is 1. The quantitative estimate of drug-likeness (QED) is 0.435. The minimum Gasteiger partial charge on any atom is -0.398 e. The highest BCUT2D eigenvalue weighted by molar-refractivity contribution is 6.29. The number of Topliss-reactive ketones (excluding diaryl/α,β-unsaturated/α-hetero) is 2. The maximum atomic E-state index is 12.4. The molecule has 1 aromatic carbocycles. The molecule has 0 spiro atoms. The molecular formula is C14H12N2O4. The predicted octanol–water partition coefficient (Wildman–Crippen LogP) is 0.317. The number of anilines is 1. The molecule has 6 nitrogen and oxygen atoms in total. The highest BCUT2D eigenvalue weighted by Gasteiger charge is 2.48. The lowest BCUT2D eigenvalue weighted by molar-refractivity contribution is -0.137. The van der Waals surface area contributed by atoms with E-state index in [-0.39, 0.29) is 41.3 Å². The Hall–Kier alpha value is -2.50. The van der Waals surface area contributed by atoms with Crippen molar-refractivity contribution in [3.63, 3.8) is 0 Å². The van der Waals surface area contributed by atoms with E-state index in [9.17, 15) is 19.2 Å². The molecule has 1 fully saturated rings. The summed E-state index contributed by atoms with van der Waals surface area (Å²) in [5, 5.41) is 2.18. The SMILES string of the molecule is Nc1cccc2c1C(=O)C(C1CCC(=O)NC1=O)C2=O. The van der Waals surface area contributed by atoms with Crippen LogP contribution in [0, 0.1) is 11.8 Å². The Morgan fingerprint density at radius 1 is 1.10 bits per heavy atom. The Kier molecular flexibility index (Phi) is 2.67. The van der Waals surface area contributed by atoms with Crippen LogP contribution >= 0.6 is 0 Å². The molecule has 2 unspecified atom stereocenters. The molecule has 3 N–H and O–H groups in total. The number of nitrogens with one attached hydrogen (secondary N) is 1. The Morgan fingerprint density at radius 3 is 2.50 bits per heavy atom. The molecule has 0 bridgehead atoms. The smallest absolute Gasteiger partial charge is 0.230 e. The maximum Gasteiger partial charge on any atom is 0.230 e. The zero-order chi connectivity index (χ0) is 14.4. The van der Waals surface area contributed by atoms with Crippen LogP contribution in [0.3, 0.4) is 0 Å². The lowest BCUT2D eigenvalue weighted by atomic mass is 9.82. The van der Waals surface area contributed by atoms with Gasteiger partial charge in [-0.15, -0.1) is 0 Å². The number of rotatable bonds is 1. The van der Waals surface area contributed by atoms with Gasteiger partial charge in [-0.25, -0.2) is 0 Å². The normalized spacial score (nSPS) is 25.6. The predicted molar refractivity (Wildman–Crippen MR) is 68.9 cm³/mol. The Bertz CT molecular complexity index is 665. The van der Waals surface area contributed by atoms with Gasteiger partial charge >= 0.3 is 0 Å². The first-order valence-corrected chi connectivity index (χ1v) is 6.31. The summed E-state index contributed by atoms with van der Waals surface area (Å²) >= 11 is 0. The minimum atomic E-state index is -1.05. The van der Waals surface area contributed by atoms with Gasteiger partial charge < -0.3 is 5.73 Å². The summed E-state index contributed by atoms with van der Waals surface area (Å²) in [4.78, 5) is 47.7. The summed E-state index contributed by atoms with van der Waals surface area (Å²) in [6.45, 7) is 0. The third-order valence-electron chi connectivity index (χ3n) is 3.86. The van der Waals surface area contributed by atoms with Crippen molar-refractivity contribution in [2.24, 2.45) is 11.8 Å². The third kappa shape index (κ3) is 1.65. The van der Waals surface area contributed by atoms with Crippen LogP contribution < -0.4 is 11.1 Å². The molecule has 102 valence electrons. The second kappa shape index (κ2) is 4.26. The van der Waals surface area contributed by atoms with Gasteiger partial charge in [0.1, 0.15) is 0 Å². The Balaban J connectivity index is 2.00. The first-order valence-electron chi connectivity index (χ1n) is 6.31. The van der Waals surface area contributed by atoms with E-state index in [2.05, 4.69) is 5.32 Å². The topological polar surface area (TPSA) is 106 Å². The van der Waals surface area contributed by atoms with Crippen molar-refractivity contribution in [1.29, 1.82) is 0 Å². The number of hydrogen-bond donors (Lipinski definition) is 2. The molecule has 0 aromatic heterocycles. The van der Waals surface area contributed by atoms with Gasteiger partial charge in [-0.1, -0.05) is 12.1 Å². The highest BCUT2D eigenvalue weighted by Crippen LogP contribution is 2.37. The molecule has 3 rings (SSSR count). The summed E-state index contributed by atoms with van der Waals surface area (Å²) < 4.78 is 0. The van der Waals surface area contributed by atoms with Crippen LogP contribution in [0.1, 0.15) is 33.6 Å². The molecule has 2 atom stereocenters. The van der Waals surface area contributed by atoms with E-state index in [0.717, 1.165) is 0 Å². The van der Waals surface area contributed by atoms with Crippen LogP contribution in [0.2, 0.25) is 0 Å². The molecule has 0 saturated carbocycles. The zero-order valence-electron chi connectivity index (χ0n) is 10.5. The van der Waals surface area contributed by atoms with E-state index >= 15 is 0 Å². The molecule has 1 saturated heterocycles. The molecular weight excluding hydrogens is 260 g/mol. The number of piperidine rings is 1. The van der Waals surface area contributed by atoms with Crippen LogP contribution in [-0.2, 0) is 9.59 Å². The van der Waals surface area contributed by atoms with Crippen molar-refractivity contribution < 1.29 is 19.2 Å². The average Bonchev–Trinajstić information content (AvgIpc) is 2.64. The van der Waals surface area contributed by atoms with Gasteiger partial charge in [-0.05, 0) is 12.5 Å². The zero-order valence-corrected chi connectivity index (χ0v) is 10.5. The van der Waals surface area contributed by atoms with Crippen molar-refractivity contribution in [1.82, 2.24) is 5.32 Å². The van der Waals surface area contributed by atoms with Gasteiger partial charge in [0.15, 0.2) is 11.6 Å². The van der Waals surface area contributed by atoms with Gasteiger partial charge in [0.05, 0.1) is 17.4 Å². The van der Waals surface area contributed by atoms with E-state index in [4.69, 9.17) is 5.73 Å². The summed E-state index contributed by atoms with van der Waals surface area (Å²) in [7, 11) is 0. The largest absolute Gasteiger partial charge is 0.398 e. The number of imide groups is 1. The van der Waals surface area contributed by atoms with Gasteiger partial charge in [-0.3, -0.25) is 24.5 Å². The van der Waals surface area contributed by atoms with Crippen LogP contribution in [0.4, 0.5) is 5.69 Å². The fourth-order valence-corrected chi connectivity index (χ4v) is 2.89. The van der Waals surface area contributed by atoms with Crippen LogP contribution in [-0.4, -0.2) is 23.4 Å². The lowest BCUT2D eigenvalue weighted by Gasteiger charge is -2.24. The number of nitrogens with two attached hydrogens (primary N) is 1.